The van der Waals surface area contributed by atoms with Crippen molar-refractivity contribution in [2.75, 3.05) is 6.54 Å². The molecule has 0 amide bonds. The monoisotopic (exact) mass is 248 g/mol. The lowest BCUT2D eigenvalue weighted by Crippen LogP contribution is -2.38. The second-order valence-electron chi connectivity index (χ2n) is 6.14. The van der Waals surface area contributed by atoms with Crippen LogP contribution < -0.4 is 5.32 Å². The highest BCUT2D eigenvalue weighted by molar-refractivity contribution is 5.03. The molecule has 1 N–H and O–H groups in total. The first-order valence-electron chi connectivity index (χ1n) is 7.34. The largest absolute Gasteiger partial charge is 0.313 e. The molecule has 100 valence electrons. The fraction of sp³-hybridized carbons (Fsp3) is 0.857. The Morgan fingerprint density at radius 3 is 2.78 bits per heavy atom. The number of rotatable bonds is 6. The number of aromatic nitrogens is 3. The normalized spacial score (nSPS) is 31.3. The van der Waals surface area contributed by atoms with E-state index in [0.29, 0.717) is 6.04 Å². The Morgan fingerprint density at radius 1 is 1.39 bits per heavy atom. The molecule has 18 heavy (non-hydrogen) atoms. The lowest BCUT2D eigenvalue weighted by atomic mass is 9.91. The first-order valence-corrected chi connectivity index (χ1v) is 7.34. The van der Waals surface area contributed by atoms with Gasteiger partial charge in [-0.25, -0.2) is 0 Å². The van der Waals surface area contributed by atoms with Crippen molar-refractivity contribution in [2.24, 2.45) is 24.8 Å². The molecule has 1 aromatic rings. The zero-order chi connectivity index (χ0) is 12.5. The van der Waals surface area contributed by atoms with Crippen LogP contribution in [0, 0.1) is 17.8 Å². The molecule has 3 unspecified atom stereocenters. The van der Waals surface area contributed by atoms with Crippen molar-refractivity contribution in [1.82, 2.24) is 20.3 Å². The van der Waals surface area contributed by atoms with E-state index in [-0.39, 0.29) is 0 Å². The Bertz CT molecular complexity index is 390. The van der Waals surface area contributed by atoms with Crippen LogP contribution in [0.3, 0.4) is 0 Å². The van der Waals surface area contributed by atoms with Crippen molar-refractivity contribution in [3.8, 4) is 0 Å². The Morgan fingerprint density at radius 2 is 2.17 bits per heavy atom. The minimum absolute atomic E-state index is 0.606. The van der Waals surface area contributed by atoms with Crippen LogP contribution in [0.1, 0.15) is 38.3 Å². The zero-order valence-corrected chi connectivity index (χ0v) is 11.5. The van der Waals surface area contributed by atoms with Crippen LogP contribution in [0.4, 0.5) is 0 Å². The highest BCUT2D eigenvalue weighted by Gasteiger charge is 2.47. The van der Waals surface area contributed by atoms with E-state index in [9.17, 15) is 0 Å². The van der Waals surface area contributed by atoms with E-state index in [1.165, 1.54) is 25.7 Å². The standard InChI is InChI=1S/C14H24N4/c1-3-4-15-14(8-13-9-18(2)17-16-13)12-6-10-5-11(10)7-12/h9-12,14-15H,3-8H2,1-2H3. The molecule has 0 saturated heterocycles. The summed E-state index contributed by atoms with van der Waals surface area (Å²) in [5.41, 5.74) is 1.13. The quantitative estimate of drug-likeness (QED) is 0.834. The third kappa shape index (κ3) is 2.58. The second-order valence-corrected chi connectivity index (χ2v) is 6.14. The van der Waals surface area contributed by atoms with Crippen LogP contribution >= 0.6 is 0 Å². The van der Waals surface area contributed by atoms with Gasteiger partial charge in [0.25, 0.3) is 0 Å². The van der Waals surface area contributed by atoms with E-state index >= 15 is 0 Å². The summed E-state index contributed by atoms with van der Waals surface area (Å²) in [6, 6.07) is 0.606. The Labute approximate surface area is 109 Å². The summed E-state index contributed by atoms with van der Waals surface area (Å²) in [7, 11) is 1.94. The summed E-state index contributed by atoms with van der Waals surface area (Å²) in [6.07, 6.45) is 8.67. The van der Waals surface area contributed by atoms with E-state index < -0.39 is 0 Å². The van der Waals surface area contributed by atoms with Crippen LogP contribution in [0.5, 0.6) is 0 Å². The van der Waals surface area contributed by atoms with Crippen molar-refractivity contribution in [2.45, 2.75) is 45.1 Å². The molecule has 1 aromatic heterocycles. The third-order valence-corrected chi connectivity index (χ3v) is 4.58. The SMILES string of the molecule is CCCNC(Cc1cn(C)nn1)C1CC2CC2C1. The molecule has 2 aliphatic carbocycles. The molecular formula is C14H24N4. The Balaban J connectivity index is 1.61. The topological polar surface area (TPSA) is 42.7 Å². The van der Waals surface area contributed by atoms with Crippen molar-refractivity contribution < 1.29 is 0 Å². The summed E-state index contributed by atoms with van der Waals surface area (Å²) >= 11 is 0. The fourth-order valence-electron chi connectivity index (χ4n) is 3.54. The van der Waals surface area contributed by atoms with E-state index in [1.807, 2.05) is 7.05 Å². The van der Waals surface area contributed by atoms with E-state index in [2.05, 4.69) is 28.7 Å². The first-order chi connectivity index (χ1) is 8.76. The van der Waals surface area contributed by atoms with Gasteiger partial charge in [0.2, 0.25) is 0 Å². The van der Waals surface area contributed by atoms with E-state index in [4.69, 9.17) is 0 Å². The average Bonchev–Trinajstić information content (AvgIpc) is 2.78. The summed E-state index contributed by atoms with van der Waals surface area (Å²) in [5, 5.41) is 12.0. The summed E-state index contributed by atoms with van der Waals surface area (Å²) < 4.78 is 1.80. The van der Waals surface area contributed by atoms with Gasteiger partial charge < -0.3 is 5.32 Å². The predicted molar refractivity (Wildman–Crippen MR) is 71.1 cm³/mol. The van der Waals surface area contributed by atoms with Gasteiger partial charge in [0.1, 0.15) is 0 Å². The molecule has 0 radical (unpaired) electrons. The highest BCUT2D eigenvalue weighted by Crippen LogP contribution is 2.55. The number of hydrogen-bond donors (Lipinski definition) is 1. The van der Waals surface area contributed by atoms with Gasteiger partial charge in [-0.05, 0) is 50.0 Å². The van der Waals surface area contributed by atoms with Gasteiger partial charge in [-0.15, -0.1) is 5.10 Å². The lowest BCUT2D eigenvalue weighted by molar-refractivity contribution is 0.330. The molecule has 2 fully saturated rings. The maximum atomic E-state index is 4.24. The molecule has 4 heteroatoms. The molecule has 1 heterocycles. The molecule has 0 aromatic carbocycles. The molecule has 0 aliphatic heterocycles. The molecule has 4 nitrogen and oxygen atoms in total. The molecule has 3 atom stereocenters. The molecule has 0 bridgehead atoms. The number of aryl methyl sites for hydroxylation is 1. The van der Waals surface area contributed by atoms with Crippen LogP contribution in [0.15, 0.2) is 6.20 Å². The molecule has 2 saturated carbocycles. The number of nitrogens with zero attached hydrogens (tertiary/aromatic N) is 3. The maximum absolute atomic E-state index is 4.24. The third-order valence-electron chi connectivity index (χ3n) is 4.58. The van der Waals surface area contributed by atoms with Crippen molar-refractivity contribution in [3.05, 3.63) is 11.9 Å². The van der Waals surface area contributed by atoms with Crippen molar-refractivity contribution in [3.63, 3.8) is 0 Å². The lowest BCUT2D eigenvalue weighted by Gasteiger charge is -2.25. The average molecular weight is 248 g/mol. The van der Waals surface area contributed by atoms with Gasteiger partial charge in [0.05, 0.1) is 5.69 Å². The van der Waals surface area contributed by atoms with E-state index in [1.54, 1.807) is 4.68 Å². The van der Waals surface area contributed by atoms with Gasteiger partial charge in [-0.3, -0.25) is 4.68 Å². The molecule has 0 spiro atoms. The zero-order valence-electron chi connectivity index (χ0n) is 11.5. The van der Waals surface area contributed by atoms with E-state index in [0.717, 1.165) is 36.4 Å². The summed E-state index contributed by atoms with van der Waals surface area (Å²) in [6.45, 7) is 3.36. The smallest absolute Gasteiger partial charge is 0.0842 e. The van der Waals surface area contributed by atoms with Gasteiger partial charge in [-0.1, -0.05) is 12.1 Å². The molecular weight excluding hydrogens is 224 g/mol. The minimum atomic E-state index is 0.606. The van der Waals surface area contributed by atoms with Crippen molar-refractivity contribution in [1.29, 1.82) is 0 Å². The second kappa shape index (κ2) is 5.00. The summed E-state index contributed by atoms with van der Waals surface area (Å²) in [4.78, 5) is 0. The van der Waals surface area contributed by atoms with Gasteiger partial charge >= 0.3 is 0 Å². The van der Waals surface area contributed by atoms with Crippen molar-refractivity contribution >= 4 is 0 Å². The Hall–Kier alpha value is -0.900. The number of hydrogen-bond acceptors (Lipinski definition) is 3. The first kappa shape index (κ1) is 12.2. The minimum Gasteiger partial charge on any atom is -0.313 e. The van der Waals surface area contributed by atoms with Crippen LogP contribution in [-0.4, -0.2) is 27.6 Å². The molecule has 3 rings (SSSR count). The molecule has 2 aliphatic rings. The fourth-order valence-corrected chi connectivity index (χ4v) is 3.54. The van der Waals surface area contributed by atoms with Gasteiger partial charge in [-0.2, -0.15) is 0 Å². The Kier molecular flexibility index (Phi) is 3.37. The van der Waals surface area contributed by atoms with Crippen LogP contribution in [-0.2, 0) is 13.5 Å². The maximum Gasteiger partial charge on any atom is 0.0842 e. The van der Waals surface area contributed by atoms with Crippen LogP contribution in [0.25, 0.3) is 0 Å². The number of nitrogens with one attached hydrogen (secondary N) is 1. The predicted octanol–water partition coefficient (Wildman–Crippen LogP) is 1.77. The van der Waals surface area contributed by atoms with Gasteiger partial charge in [0, 0.05) is 25.7 Å². The number of fused-ring (bicyclic) bond motifs is 1. The van der Waals surface area contributed by atoms with Gasteiger partial charge in [0.15, 0.2) is 0 Å². The highest BCUT2D eigenvalue weighted by atomic mass is 15.4. The summed E-state index contributed by atoms with van der Waals surface area (Å²) in [5.74, 6) is 2.98. The van der Waals surface area contributed by atoms with Crippen LogP contribution in [0.2, 0.25) is 0 Å².